The van der Waals surface area contributed by atoms with E-state index in [4.69, 9.17) is 5.11 Å². The summed E-state index contributed by atoms with van der Waals surface area (Å²) in [6, 6.07) is 8.52. The van der Waals surface area contributed by atoms with Crippen molar-refractivity contribution in [2.45, 2.75) is 22.8 Å². The average molecular weight is 508 g/mol. The number of aromatic nitrogens is 1. The Morgan fingerprint density at radius 3 is 2.26 bits per heavy atom. The number of hydrogen-bond donors (Lipinski definition) is 2. The second-order valence-electron chi connectivity index (χ2n) is 7.56. The van der Waals surface area contributed by atoms with Crippen molar-refractivity contribution < 1.29 is 26.7 Å². The first-order valence-corrected chi connectivity index (χ1v) is 13.0. The maximum absolute atomic E-state index is 13.1. The fraction of sp³-hybridized carbons (Fsp3) is 0.333. The van der Waals surface area contributed by atoms with Crippen molar-refractivity contribution in [3.05, 3.63) is 42.6 Å². The molecule has 0 saturated carbocycles. The molecule has 2 heterocycles. The normalized spacial score (nSPS) is 17.2. The van der Waals surface area contributed by atoms with E-state index in [2.05, 4.69) is 22.1 Å². The van der Waals surface area contributed by atoms with E-state index in [1.165, 1.54) is 42.7 Å². The van der Waals surface area contributed by atoms with Crippen LogP contribution in [0.25, 0.3) is 0 Å². The van der Waals surface area contributed by atoms with Crippen LogP contribution in [0.15, 0.2) is 52.4 Å². The quantitative estimate of drug-likeness (QED) is 0.558. The Kier molecular flexibility index (Phi) is 7.47. The van der Waals surface area contributed by atoms with Gasteiger partial charge in [0, 0.05) is 45.6 Å². The Labute approximate surface area is 199 Å². The largest absolute Gasteiger partial charge is 0.465 e. The lowest BCUT2D eigenvalue weighted by Gasteiger charge is -2.39. The van der Waals surface area contributed by atoms with E-state index >= 15 is 0 Å². The van der Waals surface area contributed by atoms with Gasteiger partial charge in [-0.05, 0) is 43.3 Å². The monoisotopic (exact) mass is 507 g/mol. The molecule has 11 nitrogen and oxygen atoms in total. The van der Waals surface area contributed by atoms with E-state index in [-0.39, 0.29) is 28.7 Å². The molecular weight excluding hydrogens is 482 g/mol. The van der Waals surface area contributed by atoms with Crippen LogP contribution in [0.2, 0.25) is 0 Å². The van der Waals surface area contributed by atoms with E-state index < -0.39 is 32.2 Å². The summed E-state index contributed by atoms with van der Waals surface area (Å²) in [6.45, 7) is 2.27. The molecule has 0 spiro atoms. The first kappa shape index (κ1) is 25.4. The van der Waals surface area contributed by atoms with E-state index in [9.17, 15) is 21.6 Å². The Hall–Kier alpha value is -3.18. The summed E-state index contributed by atoms with van der Waals surface area (Å²) < 4.78 is 53.4. The Morgan fingerprint density at radius 2 is 1.74 bits per heavy atom. The second-order valence-corrected chi connectivity index (χ2v) is 11.6. The molecule has 1 saturated heterocycles. The van der Waals surface area contributed by atoms with Gasteiger partial charge in [0.1, 0.15) is 16.8 Å². The fourth-order valence-electron chi connectivity index (χ4n) is 3.46. The third-order valence-corrected chi connectivity index (χ3v) is 8.89. The SMILES string of the molecule is CC#CC1CN(S(=O)(=O)c2ccc(NC(=O)O)nc2)CCN1c1ccc(S(=O)(=O)N(C)C)cc1. The molecule has 2 aromatic rings. The molecule has 1 unspecified atom stereocenters. The van der Waals surface area contributed by atoms with Crippen LogP contribution in [0.3, 0.4) is 0 Å². The third-order valence-electron chi connectivity index (χ3n) is 5.21. The van der Waals surface area contributed by atoms with E-state index in [1.54, 1.807) is 19.1 Å². The predicted molar refractivity (Wildman–Crippen MR) is 127 cm³/mol. The van der Waals surface area contributed by atoms with Crippen molar-refractivity contribution in [1.29, 1.82) is 0 Å². The number of benzene rings is 1. The van der Waals surface area contributed by atoms with E-state index in [1.807, 2.05) is 4.90 Å². The predicted octanol–water partition coefficient (Wildman–Crippen LogP) is 1.32. The number of hydrogen-bond acceptors (Lipinski definition) is 7. The Morgan fingerprint density at radius 1 is 1.09 bits per heavy atom. The molecule has 0 radical (unpaired) electrons. The molecule has 1 aromatic carbocycles. The first-order chi connectivity index (χ1) is 16.0. The molecule has 1 fully saturated rings. The molecule has 182 valence electrons. The van der Waals surface area contributed by atoms with Crippen molar-refractivity contribution in [3.63, 3.8) is 0 Å². The van der Waals surface area contributed by atoms with Crippen molar-refractivity contribution in [2.75, 3.05) is 43.9 Å². The lowest BCUT2D eigenvalue weighted by molar-refractivity contribution is 0.209. The van der Waals surface area contributed by atoms with Gasteiger partial charge in [0.25, 0.3) is 0 Å². The summed E-state index contributed by atoms with van der Waals surface area (Å²) in [4.78, 5) is 16.6. The number of amides is 1. The van der Waals surface area contributed by atoms with E-state index in [0.29, 0.717) is 6.54 Å². The molecule has 2 N–H and O–H groups in total. The third kappa shape index (κ3) is 5.31. The van der Waals surface area contributed by atoms with Crippen LogP contribution < -0.4 is 10.2 Å². The highest BCUT2D eigenvalue weighted by molar-refractivity contribution is 7.89. The lowest BCUT2D eigenvalue weighted by atomic mass is 10.1. The minimum Gasteiger partial charge on any atom is -0.465 e. The summed E-state index contributed by atoms with van der Waals surface area (Å²) in [5.74, 6) is 5.89. The Balaban J connectivity index is 1.82. The van der Waals surface area contributed by atoms with Crippen LogP contribution in [-0.4, -0.2) is 81.4 Å². The molecule has 0 bridgehead atoms. The zero-order valence-corrected chi connectivity index (χ0v) is 20.5. The van der Waals surface area contributed by atoms with Gasteiger partial charge in [-0.25, -0.2) is 30.9 Å². The molecule has 1 aromatic heterocycles. The first-order valence-electron chi connectivity index (χ1n) is 10.1. The highest BCUT2D eigenvalue weighted by Crippen LogP contribution is 2.26. The van der Waals surface area contributed by atoms with Crippen molar-refractivity contribution in [1.82, 2.24) is 13.6 Å². The molecule has 1 aliphatic rings. The summed E-state index contributed by atoms with van der Waals surface area (Å²) in [5, 5.41) is 10.8. The van der Waals surface area contributed by atoms with Gasteiger partial charge < -0.3 is 10.0 Å². The van der Waals surface area contributed by atoms with Crippen LogP contribution in [-0.2, 0) is 20.0 Å². The van der Waals surface area contributed by atoms with Gasteiger partial charge >= 0.3 is 6.09 Å². The number of sulfonamides is 2. The van der Waals surface area contributed by atoms with Gasteiger partial charge in [-0.2, -0.15) is 4.31 Å². The maximum Gasteiger partial charge on any atom is 0.410 e. The van der Waals surface area contributed by atoms with Crippen LogP contribution >= 0.6 is 0 Å². The second kappa shape index (κ2) is 9.98. The van der Waals surface area contributed by atoms with Crippen molar-refractivity contribution in [3.8, 4) is 11.8 Å². The maximum atomic E-state index is 13.1. The number of rotatable bonds is 6. The minimum atomic E-state index is -3.88. The van der Waals surface area contributed by atoms with Gasteiger partial charge in [0.2, 0.25) is 20.0 Å². The number of anilines is 2. The van der Waals surface area contributed by atoms with Gasteiger partial charge in [-0.3, -0.25) is 5.32 Å². The molecular formula is C21H25N5O6S2. The summed E-state index contributed by atoms with van der Waals surface area (Å²) in [6.07, 6.45) is -0.190. The number of carbonyl (C=O) groups is 1. The number of nitrogens with one attached hydrogen (secondary N) is 1. The number of carboxylic acid groups (broad SMARTS) is 1. The van der Waals surface area contributed by atoms with Crippen molar-refractivity contribution in [2.24, 2.45) is 0 Å². The topological polar surface area (TPSA) is 140 Å². The summed E-state index contributed by atoms with van der Waals surface area (Å²) in [7, 11) is -4.52. The number of nitrogens with zero attached hydrogens (tertiary/aromatic N) is 4. The smallest absolute Gasteiger partial charge is 0.410 e. The van der Waals surface area contributed by atoms with E-state index in [0.717, 1.165) is 16.2 Å². The zero-order valence-electron chi connectivity index (χ0n) is 18.8. The standard InChI is InChI=1S/C21H25N5O6S2/c1-4-5-17-15-25(34(31,32)19-10-11-20(22-14-19)23-21(27)28)12-13-26(17)16-6-8-18(9-7-16)33(29,30)24(2)3/h6-11,14,17H,12-13,15H2,1-3H3,(H,22,23)(H,27,28). The highest BCUT2D eigenvalue weighted by Gasteiger charge is 2.34. The molecule has 1 atom stereocenters. The minimum absolute atomic E-state index is 0.0192. The number of piperazine rings is 1. The highest BCUT2D eigenvalue weighted by atomic mass is 32.2. The molecule has 1 amide bonds. The summed E-state index contributed by atoms with van der Waals surface area (Å²) >= 11 is 0. The zero-order chi connectivity index (χ0) is 25.1. The number of pyridine rings is 1. The fourth-order valence-corrected chi connectivity index (χ4v) is 5.75. The molecule has 0 aliphatic carbocycles. The molecule has 1 aliphatic heterocycles. The van der Waals surface area contributed by atoms with Crippen LogP contribution in [0.1, 0.15) is 6.92 Å². The van der Waals surface area contributed by atoms with Crippen molar-refractivity contribution >= 4 is 37.6 Å². The van der Waals surface area contributed by atoms with Crippen LogP contribution in [0, 0.1) is 11.8 Å². The lowest BCUT2D eigenvalue weighted by Crippen LogP contribution is -2.54. The van der Waals surface area contributed by atoms with Crippen LogP contribution in [0.5, 0.6) is 0 Å². The average Bonchev–Trinajstić information content (AvgIpc) is 2.79. The molecule has 13 heteroatoms. The Bertz CT molecular complexity index is 1310. The van der Waals surface area contributed by atoms with Gasteiger partial charge in [0.05, 0.1) is 4.90 Å². The van der Waals surface area contributed by atoms with Gasteiger partial charge in [0.15, 0.2) is 0 Å². The van der Waals surface area contributed by atoms with Crippen LogP contribution in [0.4, 0.5) is 16.3 Å². The molecule has 34 heavy (non-hydrogen) atoms. The summed E-state index contributed by atoms with van der Waals surface area (Å²) in [5.41, 5.74) is 0.730. The van der Waals surface area contributed by atoms with Gasteiger partial charge in [-0.15, -0.1) is 5.92 Å². The molecule has 3 rings (SSSR count). The van der Waals surface area contributed by atoms with Gasteiger partial charge in [-0.1, -0.05) is 5.92 Å².